The lowest BCUT2D eigenvalue weighted by Gasteiger charge is -2.02. The first-order chi connectivity index (χ1) is 7.91. The Balaban J connectivity index is 2.83. The molecule has 0 atom stereocenters. The molecule has 98 valence electrons. The molecule has 0 amide bonds. The van der Waals surface area contributed by atoms with Gasteiger partial charge in [-0.3, -0.25) is 0 Å². The van der Waals surface area contributed by atoms with Crippen LogP contribution in [0.4, 0.5) is 0 Å². The molecule has 16 heavy (non-hydrogen) atoms. The Morgan fingerprint density at radius 2 is 0.688 bits per heavy atom. The quantitative estimate of drug-likeness (QED) is 0.388. The molecule has 0 saturated heterocycles. The lowest BCUT2D eigenvalue weighted by atomic mass is 10.9. The topological polar surface area (TPSA) is 0 Å². The second kappa shape index (κ2) is 17.1. The molecule has 0 aromatic rings. The maximum Gasteiger partial charge on any atom is 0.00238 e. The summed E-state index contributed by atoms with van der Waals surface area (Å²) in [6.07, 6.45) is 0. The lowest BCUT2D eigenvalue weighted by molar-refractivity contribution is 1.45. The van der Waals surface area contributed by atoms with Crippen LogP contribution in [0.1, 0.15) is 0 Å². The van der Waals surface area contributed by atoms with Gasteiger partial charge in [0.05, 0.1) is 0 Å². The van der Waals surface area contributed by atoms with E-state index in [4.69, 9.17) is 0 Å². The van der Waals surface area contributed by atoms with Crippen LogP contribution < -0.4 is 0 Å². The van der Waals surface area contributed by atoms with E-state index < -0.39 is 0 Å². The molecule has 0 saturated carbocycles. The van der Waals surface area contributed by atoms with Gasteiger partial charge in [-0.2, -0.15) is 72.3 Å². The summed E-state index contributed by atoms with van der Waals surface area (Å²) >= 11 is 16.6. The average molecular weight is 335 g/mol. The molecular formula is C10H22S6. The molecule has 0 N–H and O–H groups in total. The van der Waals surface area contributed by atoms with E-state index in [1.54, 1.807) is 0 Å². The first kappa shape index (κ1) is 18.1. The van der Waals surface area contributed by atoms with Crippen LogP contribution in [0.15, 0.2) is 0 Å². The highest BCUT2D eigenvalue weighted by Crippen LogP contribution is 2.12. The molecule has 0 fully saturated rings. The Kier molecular flexibility index (Phi) is 19.3. The van der Waals surface area contributed by atoms with Gasteiger partial charge in [-0.15, -0.1) is 0 Å². The van der Waals surface area contributed by atoms with Gasteiger partial charge in [0.1, 0.15) is 0 Å². The molecule has 0 aromatic carbocycles. The van der Waals surface area contributed by atoms with Crippen molar-refractivity contribution in [3.8, 4) is 0 Å². The van der Waals surface area contributed by atoms with Gasteiger partial charge in [-0.05, 0) is 11.5 Å². The summed E-state index contributed by atoms with van der Waals surface area (Å²) in [4.78, 5) is 0. The second-order valence-corrected chi connectivity index (χ2v) is 8.69. The smallest absolute Gasteiger partial charge is 0.00238 e. The molecule has 0 aliphatic heterocycles. The maximum atomic E-state index is 4.19. The molecule has 0 aromatic heterocycles. The highest BCUT2D eigenvalue weighted by Gasteiger charge is 1.93. The predicted octanol–water partition coefficient (Wildman–Crippen LogP) is 3.78. The minimum Gasteiger partial charge on any atom is -0.179 e. The standard InChI is InChI=1S/C10H22S6/c11-1-3-13-5-7-15-9-10-16-8-6-14-4-2-12/h11-12H,1-10H2. The van der Waals surface area contributed by atoms with Crippen molar-refractivity contribution in [3.05, 3.63) is 0 Å². The Morgan fingerprint density at radius 1 is 0.438 bits per heavy atom. The molecule has 0 aliphatic rings. The van der Waals surface area contributed by atoms with Crippen molar-refractivity contribution in [1.29, 1.82) is 0 Å². The van der Waals surface area contributed by atoms with Crippen LogP contribution in [0, 0.1) is 0 Å². The van der Waals surface area contributed by atoms with Gasteiger partial charge in [0.15, 0.2) is 0 Å². The number of hydrogen-bond donors (Lipinski definition) is 2. The number of hydrogen-bond acceptors (Lipinski definition) is 6. The van der Waals surface area contributed by atoms with Crippen LogP contribution in [0.25, 0.3) is 0 Å². The van der Waals surface area contributed by atoms with Crippen LogP contribution in [0.2, 0.25) is 0 Å². The van der Waals surface area contributed by atoms with Gasteiger partial charge in [0, 0.05) is 46.0 Å². The Morgan fingerprint density at radius 3 is 0.938 bits per heavy atom. The molecule has 0 bridgehead atoms. The Labute approximate surface area is 129 Å². The van der Waals surface area contributed by atoms with E-state index in [9.17, 15) is 0 Å². The fraction of sp³-hybridized carbons (Fsp3) is 1.00. The van der Waals surface area contributed by atoms with Gasteiger partial charge < -0.3 is 0 Å². The third-order valence-corrected chi connectivity index (χ3v) is 7.36. The van der Waals surface area contributed by atoms with E-state index in [-0.39, 0.29) is 0 Å². The summed E-state index contributed by atoms with van der Waals surface area (Å²) in [6, 6.07) is 0. The number of rotatable bonds is 13. The van der Waals surface area contributed by atoms with Crippen LogP contribution >= 0.6 is 72.3 Å². The van der Waals surface area contributed by atoms with Crippen molar-refractivity contribution in [3.63, 3.8) is 0 Å². The summed E-state index contributed by atoms with van der Waals surface area (Å²) in [6.45, 7) is 0. The minimum absolute atomic E-state index is 1.01. The van der Waals surface area contributed by atoms with Crippen LogP contribution in [0.5, 0.6) is 0 Å². The Hall–Kier alpha value is 2.10. The van der Waals surface area contributed by atoms with Gasteiger partial charge in [0.25, 0.3) is 0 Å². The summed E-state index contributed by atoms with van der Waals surface area (Å²) in [5, 5.41) is 0. The molecule has 0 heterocycles. The Bertz CT molecular complexity index is 108. The van der Waals surface area contributed by atoms with Crippen molar-refractivity contribution < 1.29 is 0 Å². The zero-order valence-corrected chi connectivity index (χ0v) is 14.7. The highest BCUT2D eigenvalue weighted by molar-refractivity contribution is 8.05. The van der Waals surface area contributed by atoms with Gasteiger partial charge in [-0.25, -0.2) is 0 Å². The normalized spacial score (nSPS) is 10.9. The largest absolute Gasteiger partial charge is 0.179 e. The van der Waals surface area contributed by atoms with Gasteiger partial charge >= 0.3 is 0 Å². The van der Waals surface area contributed by atoms with Gasteiger partial charge in [-0.1, -0.05) is 0 Å². The molecule has 0 radical (unpaired) electrons. The monoisotopic (exact) mass is 334 g/mol. The minimum atomic E-state index is 1.01. The van der Waals surface area contributed by atoms with E-state index in [1.165, 1.54) is 46.0 Å². The van der Waals surface area contributed by atoms with Crippen LogP contribution in [0.3, 0.4) is 0 Å². The number of thiol groups is 2. The molecule has 0 spiro atoms. The van der Waals surface area contributed by atoms with E-state index >= 15 is 0 Å². The lowest BCUT2D eigenvalue weighted by Crippen LogP contribution is -1.93. The summed E-state index contributed by atoms with van der Waals surface area (Å²) in [7, 11) is 0. The summed E-state index contributed by atoms with van der Waals surface area (Å²) in [5.74, 6) is 12.2. The third-order valence-electron chi connectivity index (χ3n) is 1.59. The fourth-order valence-electron chi connectivity index (χ4n) is 0.891. The van der Waals surface area contributed by atoms with Gasteiger partial charge in [0.2, 0.25) is 0 Å². The zero-order valence-electron chi connectivity index (χ0n) is 9.60. The predicted molar refractivity (Wildman–Crippen MR) is 97.0 cm³/mol. The van der Waals surface area contributed by atoms with E-state index in [2.05, 4.69) is 48.8 Å². The van der Waals surface area contributed by atoms with Crippen molar-refractivity contribution in [2.75, 3.05) is 57.5 Å². The molecule has 6 heteroatoms. The SMILES string of the molecule is SCCSCCSCCSCCSCCS. The van der Waals surface area contributed by atoms with Crippen molar-refractivity contribution in [2.45, 2.75) is 0 Å². The molecule has 0 aliphatic carbocycles. The second-order valence-electron chi connectivity index (χ2n) is 2.90. The zero-order chi connectivity index (χ0) is 11.9. The van der Waals surface area contributed by atoms with Crippen molar-refractivity contribution in [1.82, 2.24) is 0 Å². The first-order valence-corrected chi connectivity index (χ1v) is 11.3. The number of thioether (sulfide) groups is 4. The van der Waals surface area contributed by atoms with Crippen LogP contribution in [-0.2, 0) is 0 Å². The third kappa shape index (κ3) is 16.1. The fourth-order valence-corrected chi connectivity index (χ4v) is 5.57. The van der Waals surface area contributed by atoms with Crippen molar-refractivity contribution in [2.24, 2.45) is 0 Å². The van der Waals surface area contributed by atoms with Crippen LogP contribution in [-0.4, -0.2) is 57.5 Å². The van der Waals surface area contributed by atoms with E-state index in [0.717, 1.165) is 11.5 Å². The van der Waals surface area contributed by atoms with Crippen molar-refractivity contribution >= 4 is 72.3 Å². The molecular weight excluding hydrogens is 313 g/mol. The average Bonchev–Trinajstić information content (AvgIpc) is 2.31. The van der Waals surface area contributed by atoms with E-state index in [1.807, 2.05) is 23.5 Å². The summed E-state index contributed by atoms with van der Waals surface area (Å²) < 4.78 is 0. The molecule has 0 unspecified atom stereocenters. The molecule has 0 rings (SSSR count). The maximum absolute atomic E-state index is 4.19. The van der Waals surface area contributed by atoms with E-state index in [0.29, 0.717) is 0 Å². The highest BCUT2D eigenvalue weighted by atomic mass is 32.2. The first-order valence-electron chi connectivity index (χ1n) is 5.44. The summed E-state index contributed by atoms with van der Waals surface area (Å²) in [5.41, 5.74) is 0. The molecule has 0 nitrogen and oxygen atoms in total.